The van der Waals surface area contributed by atoms with Crippen LogP contribution in [0.3, 0.4) is 0 Å². The van der Waals surface area contributed by atoms with E-state index in [9.17, 15) is 21.9 Å². The molecule has 0 saturated heterocycles. The van der Waals surface area contributed by atoms with Gasteiger partial charge in [0.15, 0.2) is 0 Å². The van der Waals surface area contributed by atoms with E-state index < -0.39 is 20.0 Å². The number of nitrogens with zero attached hydrogens (tertiary/aromatic N) is 1. The monoisotopic (exact) mass is 370 g/mol. The molecule has 0 heterocycles. The van der Waals surface area contributed by atoms with Crippen LogP contribution in [0.15, 0.2) is 52.3 Å². The molecule has 9 heteroatoms. The zero-order valence-corrected chi connectivity index (χ0v) is 15.0. The van der Waals surface area contributed by atoms with E-state index in [4.69, 9.17) is 0 Å². The first kappa shape index (κ1) is 18.2. The van der Waals surface area contributed by atoms with Gasteiger partial charge >= 0.3 is 0 Å². The van der Waals surface area contributed by atoms with E-state index in [0.717, 1.165) is 22.0 Å². The zero-order chi connectivity index (χ0) is 18.1. The summed E-state index contributed by atoms with van der Waals surface area (Å²) < 4.78 is 52.2. The lowest BCUT2D eigenvalue weighted by atomic mass is 10.2. The maximum atomic E-state index is 12.4. The second-order valence-corrected chi connectivity index (χ2v) is 9.22. The van der Waals surface area contributed by atoms with Crippen molar-refractivity contribution in [2.24, 2.45) is 0 Å². The summed E-state index contributed by atoms with van der Waals surface area (Å²) in [7, 11) is -4.99. The first-order valence-electron chi connectivity index (χ1n) is 6.89. The number of hydrogen-bond donors (Lipinski definition) is 2. The molecule has 0 unspecified atom stereocenters. The quantitative estimate of drug-likeness (QED) is 0.781. The number of benzene rings is 2. The van der Waals surface area contributed by atoms with Crippen LogP contribution in [0.4, 0.5) is 5.69 Å². The van der Waals surface area contributed by atoms with Gasteiger partial charge in [-0.3, -0.25) is 4.72 Å². The van der Waals surface area contributed by atoms with Crippen LogP contribution in [-0.4, -0.2) is 40.3 Å². The van der Waals surface area contributed by atoms with Crippen LogP contribution in [0.25, 0.3) is 0 Å². The molecule has 130 valence electrons. The molecule has 7 nitrogen and oxygen atoms in total. The number of hydrogen-bond acceptors (Lipinski definition) is 5. The molecule has 0 saturated carbocycles. The molecule has 2 N–H and O–H groups in total. The normalized spacial score (nSPS) is 12.3. The molecule has 0 spiro atoms. The second-order valence-electron chi connectivity index (χ2n) is 5.38. The minimum Gasteiger partial charge on any atom is -0.506 e. The Hall–Kier alpha value is -2.10. The van der Waals surface area contributed by atoms with Crippen molar-refractivity contribution < 1.29 is 21.9 Å². The maximum Gasteiger partial charge on any atom is 0.262 e. The van der Waals surface area contributed by atoms with Crippen molar-refractivity contribution in [3.8, 4) is 5.75 Å². The number of phenols is 1. The Balaban J connectivity index is 2.44. The lowest BCUT2D eigenvalue weighted by Crippen LogP contribution is -2.22. The third-order valence-electron chi connectivity index (χ3n) is 3.32. The zero-order valence-electron chi connectivity index (χ0n) is 13.4. The predicted octanol–water partition coefficient (Wildman–Crippen LogP) is 1.75. The van der Waals surface area contributed by atoms with Gasteiger partial charge in [-0.2, -0.15) is 0 Å². The van der Waals surface area contributed by atoms with E-state index in [0.29, 0.717) is 0 Å². The van der Waals surface area contributed by atoms with Gasteiger partial charge < -0.3 is 5.11 Å². The van der Waals surface area contributed by atoms with Crippen molar-refractivity contribution in [3.63, 3.8) is 0 Å². The summed E-state index contributed by atoms with van der Waals surface area (Å²) in [6.07, 6.45) is 0. The van der Waals surface area contributed by atoms with Crippen molar-refractivity contribution in [3.05, 3.63) is 48.0 Å². The van der Waals surface area contributed by atoms with Gasteiger partial charge in [0.1, 0.15) is 5.75 Å². The lowest BCUT2D eigenvalue weighted by Gasteiger charge is -2.14. The average molecular weight is 370 g/mol. The van der Waals surface area contributed by atoms with E-state index in [-0.39, 0.29) is 21.2 Å². The first-order chi connectivity index (χ1) is 11.0. The van der Waals surface area contributed by atoms with E-state index in [1.807, 2.05) is 6.92 Å². The van der Waals surface area contributed by atoms with Crippen molar-refractivity contribution in [1.82, 2.24) is 4.31 Å². The second kappa shape index (κ2) is 6.42. The molecule has 0 radical (unpaired) electrons. The highest BCUT2D eigenvalue weighted by Crippen LogP contribution is 2.29. The molecular weight excluding hydrogens is 352 g/mol. The number of aromatic hydroxyl groups is 1. The molecule has 0 aliphatic carbocycles. The maximum absolute atomic E-state index is 12.4. The highest BCUT2D eigenvalue weighted by Gasteiger charge is 2.21. The van der Waals surface area contributed by atoms with Crippen LogP contribution in [0.1, 0.15) is 5.56 Å². The van der Waals surface area contributed by atoms with Gasteiger partial charge in [0.25, 0.3) is 10.0 Å². The Kier molecular flexibility index (Phi) is 4.88. The van der Waals surface area contributed by atoms with Crippen molar-refractivity contribution in [2.45, 2.75) is 16.7 Å². The largest absolute Gasteiger partial charge is 0.506 e. The first-order valence-corrected chi connectivity index (χ1v) is 9.81. The number of anilines is 1. The summed E-state index contributed by atoms with van der Waals surface area (Å²) in [5.74, 6) is -0.372. The van der Waals surface area contributed by atoms with Crippen LogP contribution in [0.5, 0.6) is 5.75 Å². The van der Waals surface area contributed by atoms with E-state index in [1.54, 1.807) is 12.1 Å². The van der Waals surface area contributed by atoms with E-state index in [2.05, 4.69) is 4.72 Å². The Labute approximate surface area is 141 Å². The van der Waals surface area contributed by atoms with Crippen LogP contribution in [-0.2, 0) is 20.0 Å². The molecule has 0 aliphatic rings. The van der Waals surface area contributed by atoms with E-state index in [1.165, 1.54) is 32.3 Å². The standard InChI is InChI=1S/C15H18N2O5S2/c1-11-4-6-12(7-5-11)23(19,20)16-14-10-13(8-9-15(14)18)24(21,22)17(2)3/h4-10,16,18H,1-3H3. The third-order valence-corrected chi connectivity index (χ3v) is 6.51. The topological polar surface area (TPSA) is 104 Å². The summed E-state index contributed by atoms with van der Waals surface area (Å²) >= 11 is 0. The van der Waals surface area contributed by atoms with Crippen LogP contribution >= 0.6 is 0 Å². The molecule has 0 fully saturated rings. The van der Waals surface area contributed by atoms with Gasteiger partial charge in [0.05, 0.1) is 15.5 Å². The van der Waals surface area contributed by atoms with E-state index >= 15 is 0 Å². The Bertz CT molecular complexity index is 950. The predicted molar refractivity (Wildman–Crippen MR) is 91.0 cm³/mol. The van der Waals surface area contributed by atoms with Crippen LogP contribution in [0.2, 0.25) is 0 Å². The molecule has 2 rings (SSSR count). The van der Waals surface area contributed by atoms with Gasteiger partial charge in [-0.15, -0.1) is 0 Å². The molecule has 0 aliphatic heterocycles. The van der Waals surface area contributed by atoms with Gasteiger partial charge in [-0.1, -0.05) is 17.7 Å². The van der Waals surface area contributed by atoms with Gasteiger partial charge in [-0.25, -0.2) is 21.1 Å². The summed E-state index contributed by atoms with van der Waals surface area (Å²) in [6, 6.07) is 9.54. The average Bonchev–Trinajstić information content (AvgIpc) is 2.49. The molecular formula is C15H18N2O5S2. The smallest absolute Gasteiger partial charge is 0.262 e. The molecule has 0 bridgehead atoms. The van der Waals surface area contributed by atoms with Crippen LogP contribution in [0, 0.1) is 6.92 Å². The lowest BCUT2D eigenvalue weighted by molar-refractivity contribution is 0.477. The number of aryl methyl sites for hydroxylation is 1. The fourth-order valence-corrected chi connectivity index (χ4v) is 3.88. The minimum absolute atomic E-state index is 0.00775. The Morgan fingerprint density at radius 1 is 0.917 bits per heavy atom. The molecule has 24 heavy (non-hydrogen) atoms. The molecule has 2 aromatic carbocycles. The van der Waals surface area contributed by atoms with Gasteiger partial charge in [0.2, 0.25) is 10.0 Å². The molecule has 0 aromatic heterocycles. The highest BCUT2D eigenvalue weighted by atomic mass is 32.2. The fraction of sp³-hybridized carbons (Fsp3) is 0.200. The summed E-state index contributed by atoms with van der Waals surface area (Å²) in [5, 5.41) is 9.86. The van der Waals surface area contributed by atoms with Crippen molar-refractivity contribution in [2.75, 3.05) is 18.8 Å². The molecule has 0 amide bonds. The van der Waals surface area contributed by atoms with Gasteiger partial charge in [-0.05, 0) is 37.3 Å². The minimum atomic E-state index is -3.95. The third kappa shape index (κ3) is 3.69. The summed E-state index contributed by atoms with van der Waals surface area (Å²) in [5.41, 5.74) is 0.689. The SMILES string of the molecule is Cc1ccc(S(=O)(=O)Nc2cc(S(=O)(=O)N(C)C)ccc2O)cc1. The fourth-order valence-electron chi connectivity index (χ4n) is 1.89. The summed E-state index contributed by atoms with van der Waals surface area (Å²) in [6.45, 7) is 1.82. The Morgan fingerprint density at radius 2 is 1.46 bits per heavy atom. The van der Waals surface area contributed by atoms with Gasteiger partial charge in [0, 0.05) is 14.1 Å². The molecule has 2 aromatic rings. The number of phenolic OH excluding ortho intramolecular Hbond substituents is 1. The molecule has 0 atom stereocenters. The number of sulfonamides is 2. The highest BCUT2D eigenvalue weighted by molar-refractivity contribution is 7.92. The number of nitrogens with one attached hydrogen (secondary N) is 1. The summed E-state index contributed by atoms with van der Waals surface area (Å²) in [4.78, 5) is -0.125. The van der Waals surface area contributed by atoms with Crippen LogP contribution < -0.4 is 4.72 Å². The Morgan fingerprint density at radius 3 is 2.00 bits per heavy atom. The van der Waals surface area contributed by atoms with Crippen molar-refractivity contribution in [1.29, 1.82) is 0 Å². The van der Waals surface area contributed by atoms with Crippen molar-refractivity contribution >= 4 is 25.7 Å². The number of rotatable bonds is 5.